The molecule has 0 amide bonds. The van der Waals surface area contributed by atoms with Gasteiger partial charge in [-0.25, -0.2) is 18.4 Å². The van der Waals surface area contributed by atoms with E-state index in [4.69, 9.17) is 14.6 Å². The number of esters is 1. The number of rotatable bonds is 6. The molecule has 0 aliphatic rings. The number of carbonyl (C=O) groups excluding carboxylic acids is 1. The van der Waals surface area contributed by atoms with E-state index in [2.05, 4.69) is 4.74 Å². The Morgan fingerprint density at radius 1 is 1.30 bits per heavy atom. The van der Waals surface area contributed by atoms with E-state index in [1.165, 1.54) is 7.11 Å². The van der Waals surface area contributed by atoms with Gasteiger partial charge in [-0.3, -0.25) is 0 Å². The smallest absolute Gasteiger partial charge is 0.349 e. The first kappa shape index (κ1) is 15.8. The standard InChI is InChI=1S/C12H12F2O6/c1-18-5-8(12(17)19-2)20-7-4-3-6(13)10(14)9(7)11(15)16/h3-4,8H,5H2,1-2H3,(H,15,16). The van der Waals surface area contributed by atoms with E-state index >= 15 is 0 Å². The number of hydrogen-bond acceptors (Lipinski definition) is 5. The average molecular weight is 290 g/mol. The minimum absolute atomic E-state index is 0.245. The van der Waals surface area contributed by atoms with Crippen molar-refractivity contribution in [3.63, 3.8) is 0 Å². The molecule has 1 unspecified atom stereocenters. The number of aromatic carboxylic acids is 1. The van der Waals surface area contributed by atoms with Crippen LogP contribution in [0, 0.1) is 11.6 Å². The molecule has 1 rings (SSSR count). The maximum absolute atomic E-state index is 13.4. The number of halogens is 2. The number of methoxy groups -OCH3 is 2. The molecule has 1 atom stereocenters. The van der Waals surface area contributed by atoms with E-state index in [9.17, 15) is 18.4 Å². The molecule has 0 saturated heterocycles. The second-order valence-corrected chi connectivity index (χ2v) is 3.62. The second kappa shape index (κ2) is 6.80. The van der Waals surface area contributed by atoms with Crippen LogP contribution in [0.5, 0.6) is 5.75 Å². The Morgan fingerprint density at radius 3 is 2.45 bits per heavy atom. The summed E-state index contributed by atoms with van der Waals surface area (Å²) in [5.74, 6) is -5.97. The highest BCUT2D eigenvalue weighted by molar-refractivity contribution is 5.91. The number of ether oxygens (including phenoxy) is 3. The number of hydrogen-bond donors (Lipinski definition) is 1. The van der Waals surface area contributed by atoms with Crippen molar-refractivity contribution in [2.75, 3.05) is 20.8 Å². The average Bonchev–Trinajstić information content (AvgIpc) is 2.41. The van der Waals surface area contributed by atoms with Crippen LogP contribution < -0.4 is 4.74 Å². The summed E-state index contributed by atoms with van der Waals surface area (Å²) < 4.78 is 40.7. The second-order valence-electron chi connectivity index (χ2n) is 3.62. The highest BCUT2D eigenvalue weighted by atomic mass is 19.2. The molecule has 0 bridgehead atoms. The largest absolute Gasteiger partial charge is 0.477 e. The van der Waals surface area contributed by atoms with Crippen LogP contribution in [-0.2, 0) is 14.3 Å². The van der Waals surface area contributed by atoms with Crippen LogP contribution >= 0.6 is 0 Å². The maximum Gasteiger partial charge on any atom is 0.349 e. The zero-order valence-corrected chi connectivity index (χ0v) is 10.7. The van der Waals surface area contributed by atoms with Gasteiger partial charge in [-0.2, -0.15) is 0 Å². The van der Waals surface area contributed by atoms with Crippen LogP contribution in [0.3, 0.4) is 0 Å². The summed E-state index contributed by atoms with van der Waals surface area (Å²) in [6, 6.07) is 1.60. The molecule has 0 saturated carbocycles. The SMILES string of the molecule is COCC(Oc1ccc(F)c(F)c1C(=O)O)C(=O)OC. The topological polar surface area (TPSA) is 82.1 Å². The summed E-state index contributed by atoms with van der Waals surface area (Å²) in [5, 5.41) is 8.88. The Balaban J connectivity index is 3.15. The molecule has 0 radical (unpaired) electrons. The van der Waals surface area contributed by atoms with Crippen LogP contribution in [-0.4, -0.2) is 44.0 Å². The zero-order valence-electron chi connectivity index (χ0n) is 10.7. The predicted octanol–water partition coefficient (Wildman–Crippen LogP) is 1.23. The summed E-state index contributed by atoms with van der Waals surface area (Å²) in [6.45, 7) is -0.245. The fourth-order valence-electron chi connectivity index (χ4n) is 1.42. The van der Waals surface area contributed by atoms with E-state index < -0.39 is 41.0 Å². The van der Waals surface area contributed by atoms with Crippen molar-refractivity contribution in [2.45, 2.75) is 6.10 Å². The van der Waals surface area contributed by atoms with E-state index in [1.807, 2.05) is 0 Å². The molecule has 0 aliphatic heterocycles. The van der Waals surface area contributed by atoms with E-state index in [-0.39, 0.29) is 6.61 Å². The molecule has 0 aliphatic carbocycles. The molecule has 1 aromatic rings. The molecular weight excluding hydrogens is 278 g/mol. The van der Waals surface area contributed by atoms with Crippen LogP contribution in [0.4, 0.5) is 8.78 Å². The van der Waals surface area contributed by atoms with Gasteiger partial charge in [-0.15, -0.1) is 0 Å². The lowest BCUT2D eigenvalue weighted by Gasteiger charge is -2.17. The highest BCUT2D eigenvalue weighted by Crippen LogP contribution is 2.25. The summed E-state index contributed by atoms with van der Waals surface area (Å²) in [5.41, 5.74) is -1.00. The molecule has 1 N–H and O–H groups in total. The number of carboxylic acids is 1. The lowest BCUT2D eigenvalue weighted by molar-refractivity contribution is -0.151. The van der Waals surface area contributed by atoms with Gasteiger partial charge in [0.25, 0.3) is 0 Å². The Hall–Kier alpha value is -2.22. The van der Waals surface area contributed by atoms with Crippen LogP contribution in [0.15, 0.2) is 12.1 Å². The first-order valence-corrected chi connectivity index (χ1v) is 5.37. The van der Waals surface area contributed by atoms with Gasteiger partial charge in [0.1, 0.15) is 11.3 Å². The third-order valence-electron chi connectivity index (χ3n) is 2.32. The quantitative estimate of drug-likeness (QED) is 0.793. The molecule has 0 fully saturated rings. The summed E-state index contributed by atoms with van der Waals surface area (Å²) >= 11 is 0. The van der Waals surface area contributed by atoms with Crippen LogP contribution in [0.2, 0.25) is 0 Å². The van der Waals surface area contributed by atoms with Crippen molar-refractivity contribution in [3.8, 4) is 5.75 Å². The van der Waals surface area contributed by atoms with Crippen molar-refractivity contribution in [1.29, 1.82) is 0 Å². The van der Waals surface area contributed by atoms with Gasteiger partial charge >= 0.3 is 11.9 Å². The fraction of sp³-hybridized carbons (Fsp3) is 0.333. The molecular formula is C12H12F2O6. The lowest BCUT2D eigenvalue weighted by atomic mass is 10.1. The Labute approximate surface area is 112 Å². The highest BCUT2D eigenvalue weighted by Gasteiger charge is 2.27. The Kier molecular flexibility index (Phi) is 5.39. The van der Waals surface area contributed by atoms with E-state index in [1.54, 1.807) is 0 Å². The van der Waals surface area contributed by atoms with Gasteiger partial charge in [0.2, 0.25) is 6.10 Å². The minimum Gasteiger partial charge on any atom is -0.477 e. The fourth-order valence-corrected chi connectivity index (χ4v) is 1.42. The zero-order chi connectivity index (χ0) is 15.3. The van der Waals surface area contributed by atoms with Crippen molar-refractivity contribution >= 4 is 11.9 Å². The van der Waals surface area contributed by atoms with Gasteiger partial charge in [0.15, 0.2) is 11.6 Å². The number of benzene rings is 1. The van der Waals surface area contributed by atoms with Gasteiger partial charge < -0.3 is 19.3 Å². The molecule has 0 heterocycles. The van der Waals surface area contributed by atoms with Crippen molar-refractivity contribution in [2.24, 2.45) is 0 Å². The molecule has 1 aromatic carbocycles. The molecule has 0 spiro atoms. The predicted molar refractivity (Wildman–Crippen MR) is 61.6 cm³/mol. The molecule has 110 valence electrons. The molecule has 8 heteroatoms. The van der Waals surface area contributed by atoms with Gasteiger partial charge in [0, 0.05) is 7.11 Å². The van der Waals surface area contributed by atoms with E-state index in [0.29, 0.717) is 6.07 Å². The van der Waals surface area contributed by atoms with Crippen molar-refractivity contribution in [1.82, 2.24) is 0 Å². The van der Waals surface area contributed by atoms with Gasteiger partial charge in [0.05, 0.1) is 13.7 Å². The number of carbonyl (C=O) groups is 2. The Bertz CT molecular complexity index is 517. The lowest BCUT2D eigenvalue weighted by Crippen LogP contribution is -2.33. The molecule has 6 nitrogen and oxygen atoms in total. The van der Waals surface area contributed by atoms with Crippen LogP contribution in [0.25, 0.3) is 0 Å². The summed E-state index contributed by atoms with van der Waals surface area (Å²) in [7, 11) is 2.38. The third-order valence-corrected chi connectivity index (χ3v) is 2.32. The third kappa shape index (κ3) is 3.41. The summed E-state index contributed by atoms with van der Waals surface area (Å²) in [6.07, 6.45) is -1.30. The summed E-state index contributed by atoms with van der Waals surface area (Å²) in [4.78, 5) is 22.3. The van der Waals surface area contributed by atoms with Gasteiger partial charge in [-0.1, -0.05) is 0 Å². The minimum atomic E-state index is -1.72. The number of carboxylic acid groups (broad SMARTS) is 1. The van der Waals surface area contributed by atoms with E-state index in [0.717, 1.165) is 13.2 Å². The first-order valence-electron chi connectivity index (χ1n) is 5.37. The Morgan fingerprint density at radius 2 is 1.95 bits per heavy atom. The van der Waals surface area contributed by atoms with Crippen LogP contribution in [0.1, 0.15) is 10.4 Å². The van der Waals surface area contributed by atoms with Crippen molar-refractivity contribution in [3.05, 3.63) is 29.3 Å². The maximum atomic E-state index is 13.4. The van der Waals surface area contributed by atoms with Gasteiger partial charge in [-0.05, 0) is 12.1 Å². The van der Waals surface area contributed by atoms with Crippen molar-refractivity contribution < 1.29 is 37.7 Å². The monoisotopic (exact) mass is 290 g/mol. The molecule has 0 aromatic heterocycles. The normalized spacial score (nSPS) is 11.8. The molecule has 20 heavy (non-hydrogen) atoms. The first-order chi connectivity index (χ1) is 9.42.